The highest BCUT2D eigenvalue weighted by Gasteiger charge is 2.14. The van der Waals surface area contributed by atoms with E-state index in [0.717, 1.165) is 15.5 Å². The normalized spacial score (nSPS) is 11.5. The van der Waals surface area contributed by atoms with E-state index in [-0.39, 0.29) is 6.73 Å². The van der Waals surface area contributed by atoms with E-state index in [1.165, 1.54) is 0 Å². The average Bonchev–Trinajstić information content (AvgIpc) is 3.38. The van der Waals surface area contributed by atoms with E-state index in [1.807, 2.05) is 19.2 Å². The molecule has 5 rings (SSSR count). The van der Waals surface area contributed by atoms with Gasteiger partial charge in [-0.2, -0.15) is 10.2 Å². The molecule has 0 N–H and O–H groups in total. The van der Waals surface area contributed by atoms with Gasteiger partial charge >= 0.3 is 0 Å². The molecular weight excluding hydrogens is 448 g/mol. The van der Waals surface area contributed by atoms with Crippen molar-refractivity contribution in [3.05, 3.63) is 52.5 Å². The van der Waals surface area contributed by atoms with Crippen molar-refractivity contribution in [2.75, 3.05) is 0 Å². The van der Waals surface area contributed by atoms with Gasteiger partial charge in [0.05, 0.1) is 16.6 Å². The fourth-order valence-electron chi connectivity index (χ4n) is 2.83. The number of aryl methyl sites for hydroxylation is 1. The fourth-order valence-corrected chi connectivity index (χ4v) is 3.56. The lowest BCUT2D eigenvalue weighted by molar-refractivity contribution is 0.221. The van der Waals surface area contributed by atoms with Crippen LogP contribution in [-0.2, 0) is 13.8 Å². The van der Waals surface area contributed by atoms with E-state index >= 15 is 0 Å². The predicted molar refractivity (Wildman–Crippen MR) is 106 cm³/mol. The smallest absolute Gasteiger partial charge is 0.202 e. The summed E-state index contributed by atoms with van der Waals surface area (Å²) >= 11 is 9.54. The first kappa shape index (κ1) is 17.1. The van der Waals surface area contributed by atoms with Crippen LogP contribution in [0.3, 0.4) is 0 Å². The summed E-state index contributed by atoms with van der Waals surface area (Å²) in [5.74, 6) is 1.08. The molecule has 11 heteroatoms. The molecular formula is C17H12BrClN8O. The number of nitrogens with zero attached hydrogens (tertiary/aromatic N) is 8. The van der Waals surface area contributed by atoms with E-state index < -0.39 is 0 Å². The lowest BCUT2D eigenvalue weighted by atomic mass is 10.3. The first-order valence-electron chi connectivity index (χ1n) is 8.23. The van der Waals surface area contributed by atoms with Crippen molar-refractivity contribution in [2.24, 2.45) is 7.05 Å². The Morgan fingerprint density at radius 3 is 2.93 bits per heavy atom. The van der Waals surface area contributed by atoms with Crippen molar-refractivity contribution >= 4 is 44.2 Å². The highest BCUT2D eigenvalue weighted by atomic mass is 79.9. The maximum Gasteiger partial charge on any atom is 0.202 e. The van der Waals surface area contributed by atoms with Gasteiger partial charge in [0.2, 0.25) is 5.82 Å². The molecule has 28 heavy (non-hydrogen) atoms. The van der Waals surface area contributed by atoms with Crippen LogP contribution in [0.4, 0.5) is 0 Å². The van der Waals surface area contributed by atoms with Gasteiger partial charge in [-0.1, -0.05) is 27.5 Å². The van der Waals surface area contributed by atoms with Crippen LogP contribution >= 0.6 is 27.5 Å². The Balaban J connectivity index is 1.41. The van der Waals surface area contributed by atoms with Crippen molar-refractivity contribution in [1.82, 2.24) is 39.1 Å². The number of hydrogen-bond donors (Lipinski definition) is 0. The van der Waals surface area contributed by atoms with Crippen molar-refractivity contribution in [2.45, 2.75) is 6.73 Å². The fraction of sp³-hybridized carbons (Fsp3) is 0.118. The van der Waals surface area contributed by atoms with Crippen LogP contribution in [0, 0.1) is 0 Å². The minimum absolute atomic E-state index is 0.211. The second kappa shape index (κ2) is 6.57. The Morgan fingerprint density at radius 1 is 1.18 bits per heavy atom. The van der Waals surface area contributed by atoms with Gasteiger partial charge in [0.25, 0.3) is 0 Å². The number of fused-ring (bicyclic) bond motifs is 3. The molecule has 0 aliphatic rings. The van der Waals surface area contributed by atoms with Crippen LogP contribution in [0.5, 0.6) is 5.75 Å². The standard InChI is InChI=1S/C17H12BrClN8O/c1-25-16-11(7-21-25)17-22-15(24-27(17)8-20-16)13-4-5-26(23-13)9-28-14-3-2-10(18)6-12(14)19/h2-8H,9H2,1H3. The topological polar surface area (TPSA) is 88.0 Å². The minimum Gasteiger partial charge on any atom is -0.470 e. The van der Waals surface area contributed by atoms with Crippen molar-refractivity contribution in [3.63, 3.8) is 0 Å². The molecule has 0 unspecified atom stereocenters. The molecule has 4 aromatic heterocycles. The summed E-state index contributed by atoms with van der Waals surface area (Å²) in [4.78, 5) is 8.95. The molecule has 0 fully saturated rings. The van der Waals surface area contributed by atoms with E-state index in [2.05, 4.69) is 41.2 Å². The Morgan fingerprint density at radius 2 is 2.07 bits per heavy atom. The molecule has 140 valence electrons. The molecule has 0 saturated carbocycles. The van der Waals surface area contributed by atoms with Crippen LogP contribution in [0.15, 0.2) is 47.5 Å². The van der Waals surface area contributed by atoms with Gasteiger partial charge in [0.15, 0.2) is 18.0 Å². The molecule has 5 aromatic rings. The van der Waals surface area contributed by atoms with E-state index in [0.29, 0.717) is 27.9 Å². The number of rotatable bonds is 4. The summed E-state index contributed by atoms with van der Waals surface area (Å²) < 4.78 is 11.6. The summed E-state index contributed by atoms with van der Waals surface area (Å²) in [5.41, 5.74) is 2.06. The Labute approximate surface area is 171 Å². The Kier molecular flexibility index (Phi) is 4.02. The van der Waals surface area contributed by atoms with Gasteiger partial charge in [-0.25, -0.2) is 19.2 Å². The molecule has 9 nitrogen and oxygen atoms in total. The molecule has 0 radical (unpaired) electrons. The first-order valence-corrected chi connectivity index (χ1v) is 9.40. The highest BCUT2D eigenvalue weighted by Crippen LogP contribution is 2.28. The molecule has 0 spiro atoms. The number of hydrogen-bond acceptors (Lipinski definition) is 6. The maximum absolute atomic E-state index is 6.17. The summed E-state index contributed by atoms with van der Waals surface area (Å²) in [5, 5.41) is 14.5. The van der Waals surface area contributed by atoms with E-state index in [9.17, 15) is 0 Å². The van der Waals surface area contributed by atoms with E-state index in [4.69, 9.17) is 16.3 Å². The third-order valence-corrected chi connectivity index (χ3v) is 4.97. The predicted octanol–water partition coefficient (Wildman–Crippen LogP) is 3.33. The summed E-state index contributed by atoms with van der Waals surface area (Å²) in [6.45, 7) is 0.211. The van der Waals surface area contributed by atoms with Crippen LogP contribution in [-0.4, -0.2) is 39.1 Å². The van der Waals surface area contributed by atoms with Gasteiger partial charge in [0, 0.05) is 17.7 Å². The molecule has 0 bridgehead atoms. The SMILES string of the molecule is Cn1ncc2c1ncn1nc(-c3ccn(COc4ccc(Br)cc4Cl)n3)nc21. The second-order valence-electron chi connectivity index (χ2n) is 6.04. The average molecular weight is 460 g/mol. The van der Waals surface area contributed by atoms with Crippen molar-refractivity contribution in [1.29, 1.82) is 0 Å². The zero-order valence-electron chi connectivity index (χ0n) is 14.5. The third-order valence-electron chi connectivity index (χ3n) is 4.19. The zero-order chi connectivity index (χ0) is 19.3. The summed E-state index contributed by atoms with van der Waals surface area (Å²) in [6, 6.07) is 7.27. The second-order valence-corrected chi connectivity index (χ2v) is 7.37. The van der Waals surface area contributed by atoms with Gasteiger partial charge in [-0.3, -0.25) is 4.68 Å². The quantitative estimate of drug-likeness (QED) is 0.410. The Hall–Kier alpha value is -2.98. The van der Waals surface area contributed by atoms with E-state index in [1.54, 1.807) is 44.7 Å². The molecule has 0 aliphatic heterocycles. The molecule has 1 aromatic carbocycles. The highest BCUT2D eigenvalue weighted by molar-refractivity contribution is 9.10. The third kappa shape index (κ3) is 2.90. The van der Waals surface area contributed by atoms with Gasteiger partial charge < -0.3 is 4.74 Å². The van der Waals surface area contributed by atoms with Crippen LogP contribution in [0.25, 0.3) is 28.2 Å². The summed E-state index contributed by atoms with van der Waals surface area (Å²) in [6.07, 6.45) is 5.14. The van der Waals surface area contributed by atoms with Crippen LogP contribution in [0.2, 0.25) is 5.02 Å². The number of halogens is 2. The van der Waals surface area contributed by atoms with Gasteiger partial charge in [0.1, 0.15) is 17.8 Å². The number of ether oxygens (including phenoxy) is 1. The molecule has 0 amide bonds. The van der Waals surface area contributed by atoms with Crippen molar-refractivity contribution in [3.8, 4) is 17.3 Å². The maximum atomic E-state index is 6.17. The van der Waals surface area contributed by atoms with Crippen molar-refractivity contribution < 1.29 is 4.74 Å². The minimum atomic E-state index is 0.211. The number of aromatic nitrogens is 8. The van der Waals surface area contributed by atoms with Gasteiger partial charge in [-0.15, -0.1) is 5.10 Å². The molecule has 0 aliphatic carbocycles. The Bertz CT molecular complexity index is 1320. The largest absolute Gasteiger partial charge is 0.470 e. The van der Waals surface area contributed by atoms with Crippen LogP contribution < -0.4 is 4.74 Å². The molecule has 4 heterocycles. The first-order chi connectivity index (χ1) is 13.6. The summed E-state index contributed by atoms with van der Waals surface area (Å²) in [7, 11) is 1.84. The number of benzene rings is 1. The zero-order valence-corrected chi connectivity index (χ0v) is 16.8. The lowest BCUT2D eigenvalue weighted by Crippen LogP contribution is -2.06. The molecule has 0 saturated heterocycles. The lowest BCUT2D eigenvalue weighted by Gasteiger charge is -2.08. The van der Waals surface area contributed by atoms with Crippen LogP contribution in [0.1, 0.15) is 0 Å². The monoisotopic (exact) mass is 458 g/mol. The van der Waals surface area contributed by atoms with Gasteiger partial charge in [-0.05, 0) is 24.3 Å². The molecule has 0 atom stereocenters.